The first-order valence-electron chi connectivity index (χ1n) is 3.39. The molecular formula is C8H8Cl2F3NO. The van der Waals surface area contributed by atoms with E-state index in [4.69, 9.17) is 5.73 Å². The largest absolute Gasteiger partial charge is 0.417 e. The number of amides is 1. The number of carbonyl (C=O) groups excluding carboxylic acids is 1. The van der Waals surface area contributed by atoms with Crippen molar-refractivity contribution in [3.63, 3.8) is 0 Å². The van der Waals surface area contributed by atoms with Gasteiger partial charge in [-0.2, -0.15) is 13.2 Å². The highest BCUT2D eigenvalue weighted by molar-refractivity contribution is 5.94. The van der Waals surface area contributed by atoms with E-state index in [1.807, 2.05) is 0 Å². The lowest BCUT2D eigenvalue weighted by molar-refractivity contribution is -0.137. The SMILES string of the molecule is Cl.Cl.NC(=O)c1ccccc1C(F)(F)F. The van der Waals surface area contributed by atoms with Gasteiger partial charge in [-0.15, -0.1) is 24.8 Å². The van der Waals surface area contributed by atoms with Crippen LogP contribution in [0.1, 0.15) is 15.9 Å². The molecule has 0 fully saturated rings. The fourth-order valence-corrected chi connectivity index (χ4v) is 0.945. The van der Waals surface area contributed by atoms with Gasteiger partial charge >= 0.3 is 6.18 Å². The van der Waals surface area contributed by atoms with Gasteiger partial charge in [-0.25, -0.2) is 0 Å². The van der Waals surface area contributed by atoms with Crippen molar-refractivity contribution < 1.29 is 18.0 Å². The Bertz CT molecular complexity index is 341. The summed E-state index contributed by atoms with van der Waals surface area (Å²) in [5.74, 6) is -1.08. The third-order valence-electron chi connectivity index (χ3n) is 1.50. The highest BCUT2D eigenvalue weighted by Gasteiger charge is 2.34. The molecule has 7 heteroatoms. The van der Waals surface area contributed by atoms with Gasteiger partial charge in [-0.3, -0.25) is 4.79 Å². The van der Waals surface area contributed by atoms with Crippen molar-refractivity contribution in [2.75, 3.05) is 0 Å². The molecule has 0 bridgehead atoms. The molecule has 1 aromatic rings. The van der Waals surface area contributed by atoms with Crippen molar-refractivity contribution in [2.24, 2.45) is 5.73 Å². The maximum atomic E-state index is 12.2. The maximum absolute atomic E-state index is 12.2. The fourth-order valence-electron chi connectivity index (χ4n) is 0.945. The second-order valence-electron chi connectivity index (χ2n) is 2.41. The average molecular weight is 262 g/mol. The average Bonchev–Trinajstić information content (AvgIpc) is 2.03. The zero-order valence-electron chi connectivity index (χ0n) is 7.25. The number of benzene rings is 1. The molecule has 0 aliphatic rings. The van der Waals surface area contributed by atoms with Crippen molar-refractivity contribution in [2.45, 2.75) is 6.18 Å². The highest BCUT2D eigenvalue weighted by Crippen LogP contribution is 2.31. The normalized spacial score (nSPS) is 9.80. The van der Waals surface area contributed by atoms with Crippen molar-refractivity contribution in [1.82, 2.24) is 0 Å². The molecule has 0 unspecified atom stereocenters. The minimum atomic E-state index is -4.54. The van der Waals surface area contributed by atoms with E-state index in [0.29, 0.717) is 0 Å². The van der Waals surface area contributed by atoms with Crippen LogP contribution < -0.4 is 5.73 Å². The second-order valence-corrected chi connectivity index (χ2v) is 2.41. The quantitative estimate of drug-likeness (QED) is 0.830. The third kappa shape index (κ3) is 3.97. The van der Waals surface area contributed by atoms with Gasteiger partial charge in [0.2, 0.25) is 5.91 Å². The van der Waals surface area contributed by atoms with Gasteiger partial charge in [-0.05, 0) is 12.1 Å². The first-order chi connectivity index (χ1) is 5.93. The van der Waals surface area contributed by atoms with E-state index in [1.165, 1.54) is 12.1 Å². The van der Waals surface area contributed by atoms with Crippen LogP contribution in [0.5, 0.6) is 0 Å². The lowest BCUT2D eigenvalue weighted by atomic mass is 10.1. The molecule has 0 heterocycles. The predicted octanol–water partition coefficient (Wildman–Crippen LogP) is 2.65. The predicted molar refractivity (Wildman–Crippen MR) is 54.5 cm³/mol. The van der Waals surface area contributed by atoms with E-state index in [-0.39, 0.29) is 24.8 Å². The number of nitrogens with two attached hydrogens (primary N) is 1. The van der Waals surface area contributed by atoms with E-state index >= 15 is 0 Å². The zero-order valence-corrected chi connectivity index (χ0v) is 8.88. The lowest BCUT2D eigenvalue weighted by Gasteiger charge is -2.09. The number of carbonyl (C=O) groups is 1. The summed E-state index contributed by atoms with van der Waals surface area (Å²) in [6.45, 7) is 0. The van der Waals surface area contributed by atoms with E-state index in [9.17, 15) is 18.0 Å². The first-order valence-corrected chi connectivity index (χ1v) is 3.39. The molecule has 1 aromatic carbocycles. The zero-order chi connectivity index (χ0) is 10.1. The molecular weight excluding hydrogens is 254 g/mol. The Kier molecular flexibility index (Phi) is 6.40. The number of halogens is 5. The Labute approximate surface area is 96.5 Å². The Morgan fingerprint density at radius 3 is 1.93 bits per heavy atom. The Morgan fingerprint density at radius 1 is 1.13 bits per heavy atom. The van der Waals surface area contributed by atoms with Gasteiger partial charge in [0.1, 0.15) is 0 Å². The van der Waals surface area contributed by atoms with Gasteiger partial charge in [-0.1, -0.05) is 12.1 Å². The molecule has 0 spiro atoms. The minimum Gasteiger partial charge on any atom is -0.366 e. The molecule has 0 saturated heterocycles. The van der Waals surface area contributed by atoms with Crippen LogP contribution in [-0.4, -0.2) is 5.91 Å². The molecule has 2 nitrogen and oxygen atoms in total. The van der Waals surface area contributed by atoms with Crippen molar-refractivity contribution >= 4 is 30.7 Å². The summed E-state index contributed by atoms with van der Waals surface area (Å²) in [6.07, 6.45) is -4.54. The molecule has 1 amide bonds. The Balaban J connectivity index is 0. The molecule has 15 heavy (non-hydrogen) atoms. The van der Waals surface area contributed by atoms with Gasteiger partial charge in [0.15, 0.2) is 0 Å². The number of primary amides is 1. The third-order valence-corrected chi connectivity index (χ3v) is 1.50. The topological polar surface area (TPSA) is 43.1 Å². The van der Waals surface area contributed by atoms with Gasteiger partial charge < -0.3 is 5.73 Å². The molecule has 0 aliphatic heterocycles. The van der Waals surface area contributed by atoms with Crippen molar-refractivity contribution in [3.05, 3.63) is 35.4 Å². The van der Waals surface area contributed by atoms with Gasteiger partial charge in [0, 0.05) is 0 Å². The summed E-state index contributed by atoms with van der Waals surface area (Å²) in [5, 5.41) is 0. The van der Waals surface area contributed by atoms with Gasteiger partial charge in [0.25, 0.3) is 0 Å². The molecule has 0 saturated carbocycles. The molecule has 86 valence electrons. The van der Waals surface area contributed by atoms with E-state index in [1.54, 1.807) is 0 Å². The summed E-state index contributed by atoms with van der Waals surface area (Å²) in [4.78, 5) is 10.6. The Morgan fingerprint density at radius 2 is 1.60 bits per heavy atom. The molecule has 0 radical (unpaired) electrons. The Hall–Kier alpha value is -0.940. The number of rotatable bonds is 1. The van der Waals surface area contributed by atoms with E-state index in [2.05, 4.69) is 0 Å². The van der Waals surface area contributed by atoms with Gasteiger partial charge in [0.05, 0.1) is 11.1 Å². The number of alkyl halides is 3. The van der Waals surface area contributed by atoms with E-state index < -0.39 is 23.2 Å². The molecule has 1 rings (SSSR count). The summed E-state index contributed by atoms with van der Waals surface area (Å²) >= 11 is 0. The van der Waals surface area contributed by atoms with Crippen LogP contribution in [0, 0.1) is 0 Å². The molecule has 2 N–H and O–H groups in total. The molecule has 0 atom stereocenters. The fraction of sp³-hybridized carbons (Fsp3) is 0.125. The minimum absolute atomic E-state index is 0. The maximum Gasteiger partial charge on any atom is 0.417 e. The van der Waals surface area contributed by atoms with Crippen LogP contribution in [0.3, 0.4) is 0 Å². The van der Waals surface area contributed by atoms with Crippen LogP contribution in [0.4, 0.5) is 13.2 Å². The second kappa shape index (κ2) is 5.82. The van der Waals surface area contributed by atoms with E-state index in [0.717, 1.165) is 12.1 Å². The smallest absolute Gasteiger partial charge is 0.366 e. The van der Waals surface area contributed by atoms with Crippen LogP contribution in [0.15, 0.2) is 24.3 Å². The summed E-state index contributed by atoms with van der Waals surface area (Å²) in [5.41, 5.74) is 3.27. The summed E-state index contributed by atoms with van der Waals surface area (Å²) < 4.78 is 36.6. The van der Waals surface area contributed by atoms with Crippen LogP contribution in [0.2, 0.25) is 0 Å². The lowest BCUT2D eigenvalue weighted by Crippen LogP contribution is -2.18. The van der Waals surface area contributed by atoms with Crippen molar-refractivity contribution in [1.29, 1.82) is 0 Å². The number of hydrogen-bond donors (Lipinski definition) is 1. The molecule has 0 aromatic heterocycles. The monoisotopic (exact) mass is 261 g/mol. The standard InChI is InChI=1S/C8H6F3NO.2ClH/c9-8(10,11)6-4-2-1-3-5(6)7(12)13;;/h1-4H,(H2,12,13);2*1H. The summed E-state index contributed by atoms with van der Waals surface area (Å²) in [6, 6.07) is 4.40. The van der Waals surface area contributed by atoms with Crippen LogP contribution >= 0.6 is 24.8 Å². The van der Waals surface area contributed by atoms with Crippen molar-refractivity contribution in [3.8, 4) is 0 Å². The highest BCUT2D eigenvalue weighted by atomic mass is 35.5. The first kappa shape index (κ1) is 16.5. The summed E-state index contributed by atoms with van der Waals surface area (Å²) in [7, 11) is 0. The molecule has 0 aliphatic carbocycles. The van der Waals surface area contributed by atoms with Crippen LogP contribution in [0.25, 0.3) is 0 Å². The van der Waals surface area contributed by atoms with Crippen LogP contribution in [-0.2, 0) is 6.18 Å². The number of hydrogen-bond acceptors (Lipinski definition) is 1.